The lowest BCUT2D eigenvalue weighted by Gasteiger charge is -2.22. The van der Waals surface area contributed by atoms with Crippen LogP contribution in [-0.4, -0.2) is 51.7 Å². The maximum absolute atomic E-state index is 13.1. The number of nitrogens with zero attached hydrogens (tertiary/aromatic N) is 4. The summed E-state index contributed by atoms with van der Waals surface area (Å²) in [6.07, 6.45) is 1.19. The van der Waals surface area contributed by atoms with Gasteiger partial charge >= 0.3 is 17.9 Å². The molecule has 1 heterocycles. The second-order valence-corrected chi connectivity index (χ2v) is 11.6. The molecule has 2 rings (SSSR count). The number of nitriles is 2. The largest absolute Gasteiger partial charge is 0.459 e. The number of nitrogens with one attached hydrogen (secondary N) is 1. The van der Waals surface area contributed by atoms with Crippen molar-refractivity contribution in [2.75, 3.05) is 32.4 Å². The molecular weight excluding hydrogens is 545 g/mol. The fourth-order valence-corrected chi connectivity index (χ4v) is 5.47. The van der Waals surface area contributed by atoms with Crippen molar-refractivity contribution in [1.82, 2.24) is 10.1 Å². The Labute approximate surface area is 218 Å². The SMILES string of the molecule is CCc1c(C#N)c(S[C@@H](C(=O)NP(=O)(O)OOC)c2ccc(OS(C)(=O)=O)cc2)nc(N(C)C)c1C#N. The van der Waals surface area contributed by atoms with Crippen LogP contribution in [0.15, 0.2) is 29.3 Å². The molecule has 0 saturated heterocycles. The Morgan fingerprint density at radius 1 is 1.24 bits per heavy atom. The summed E-state index contributed by atoms with van der Waals surface area (Å²) in [6, 6.07) is 9.44. The molecule has 198 valence electrons. The average molecular weight is 570 g/mol. The van der Waals surface area contributed by atoms with Gasteiger partial charge in [-0.25, -0.2) is 14.4 Å². The van der Waals surface area contributed by atoms with Crippen LogP contribution < -0.4 is 14.2 Å². The Kier molecular flexibility index (Phi) is 10.1. The normalized spacial score (nSPS) is 13.5. The van der Waals surface area contributed by atoms with Crippen molar-refractivity contribution in [2.45, 2.75) is 23.6 Å². The molecule has 0 aliphatic rings. The molecule has 1 unspecified atom stereocenters. The predicted molar refractivity (Wildman–Crippen MR) is 134 cm³/mol. The van der Waals surface area contributed by atoms with Crippen LogP contribution in [0.3, 0.4) is 0 Å². The number of pyridine rings is 1. The molecule has 1 aromatic carbocycles. The minimum Gasteiger partial charge on any atom is -0.383 e. The lowest BCUT2D eigenvalue weighted by molar-refractivity contribution is -0.187. The van der Waals surface area contributed by atoms with E-state index in [9.17, 15) is 33.2 Å². The van der Waals surface area contributed by atoms with E-state index in [-0.39, 0.29) is 33.3 Å². The Hall–Kier alpha value is -3.17. The summed E-state index contributed by atoms with van der Waals surface area (Å²) in [5.41, 5.74) is 0.966. The van der Waals surface area contributed by atoms with Crippen molar-refractivity contribution in [3.63, 3.8) is 0 Å². The second kappa shape index (κ2) is 12.4. The van der Waals surface area contributed by atoms with Gasteiger partial charge in [0.25, 0.3) is 0 Å². The van der Waals surface area contributed by atoms with E-state index in [4.69, 9.17) is 4.18 Å². The van der Waals surface area contributed by atoms with Crippen LogP contribution in [0.25, 0.3) is 0 Å². The van der Waals surface area contributed by atoms with E-state index >= 15 is 0 Å². The molecule has 0 aliphatic carbocycles. The Bertz CT molecular complexity index is 1400. The van der Waals surface area contributed by atoms with Gasteiger partial charge in [-0.3, -0.25) is 9.88 Å². The Morgan fingerprint density at radius 3 is 2.30 bits per heavy atom. The van der Waals surface area contributed by atoms with Gasteiger partial charge in [0.1, 0.15) is 34.0 Å². The molecule has 0 fully saturated rings. The van der Waals surface area contributed by atoms with Gasteiger partial charge in [-0.15, -0.1) is 4.67 Å². The fourth-order valence-electron chi connectivity index (χ4n) is 3.17. The predicted octanol–water partition coefficient (Wildman–Crippen LogP) is 2.42. The van der Waals surface area contributed by atoms with Crippen molar-refractivity contribution in [3.05, 3.63) is 46.5 Å². The quantitative estimate of drug-likeness (QED) is 0.132. The monoisotopic (exact) mass is 569 g/mol. The van der Waals surface area contributed by atoms with E-state index < -0.39 is 29.0 Å². The highest BCUT2D eigenvalue weighted by molar-refractivity contribution is 8.00. The third kappa shape index (κ3) is 7.90. The van der Waals surface area contributed by atoms with Crippen molar-refractivity contribution >= 4 is 41.4 Å². The molecule has 1 amide bonds. The number of anilines is 1. The maximum atomic E-state index is 13.1. The molecule has 0 radical (unpaired) electrons. The van der Waals surface area contributed by atoms with Crippen LogP contribution in [0, 0.1) is 22.7 Å². The molecule has 1 aromatic heterocycles. The molecular formula is C21H24N5O8PS2. The smallest absolute Gasteiger partial charge is 0.383 e. The van der Waals surface area contributed by atoms with Gasteiger partial charge in [0.15, 0.2) is 0 Å². The average Bonchev–Trinajstić information content (AvgIpc) is 2.80. The number of hydrogen-bond acceptors (Lipinski definition) is 12. The highest BCUT2D eigenvalue weighted by Gasteiger charge is 2.32. The van der Waals surface area contributed by atoms with Gasteiger partial charge in [-0.1, -0.05) is 30.8 Å². The Balaban J connectivity index is 2.66. The molecule has 0 saturated carbocycles. The zero-order chi connectivity index (χ0) is 28.0. The van der Waals surface area contributed by atoms with Gasteiger partial charge in [-0.05, 0) is 29.7 Å². The van der Waals surface area contributed by atoms with Crippen molar-refractivity contribution < 1.29 is 36.4 Å². The van der Waals surface area contributed by atoms with E-state index in [1.165, 1.54) is 24.3 Å². The molecule has 2 atom stereocenters. The summed E-state index contributed by atoms with van der Waals surface area (Å²) in [6.45, 7) is 1.76. The number of rotatable bonds is 11. The molecule has 13 nitrogen and oxygen atoms in total. The van der Waals surface area contributed by atoms with E-state index in [2.05, 4.69) is 20.6 Å². The number of aromatic nitrogens is 1. The Morgan fingerprint density at radius 2 is 1.84 bits per heavy atom. The zero-order valence-electron chi connectivity index (χ0n) is 20.5. The number of amides is 1. The lowest BCUT2D eigenvalue weighted by Crippen LogP contribution is -2.26. The van der Waals surface area contributed by atoms with Crippen molar-refractivity contribution in [3.8, 4) is 17.9 Å². The first-order chi connectivity index (χ1) is 17.3. The first kappa shape index (κ1) is 30.1. The zero-order valence-corrected chi connectivity index (χ0v) is 23.0. The molecule has 0 spiro atoms. The summed E-state index contributed by atoms with van der Waals surface area (Å²) >= 11 is 0.790. The summed E-state index contributed by atoms with van der Waals surface area (Å²) < 4.78 is 44.0. The van der Waals surface area contributed by atoms with Crippen LogP contribution in [0.2, 0.25) is 0 Å². The van der Waals surface area contributed by atoms with E-state index in [0.717, 1.165) is 25.1 Å². The maximum Gasteiger partial charge on any atom is 0.459 e. The van der Waals surface area contributed by atoms with Gasteiger partial charge < -0.3 is 14.0 Å². The highest BCUT2D eigenvalue weighted by Crippen LogP contribution is 2.43. The summed E-state index contributed by atoms with van der Waals surface area (Å²) in [5, 5.41) is 20.2. The van der Waals surface area contributed by atoms with Crippen LogP contribution >= 0.6 is 19.5 Å². The van der Waals surface area contributed by atoms with Gasteiger partial charge in [0.05, 0.1) is 24.5 Å². The van der Waals surface area contributed by atoms with Gasteiger partial charge in [0, 0.05) is 14.1 Å². The van der Waals surface area contributed by atoms with E-state index in [1.54, 1.807) is 25.9 Å². The third-order valence-corrected chi connectivity index (χ3v) is 7.16. The lowest BCUT2D eigenvalue weighted by atomic mass is 10.0. The van der Waals surface area contributed by atoms with E-state index in [0.29, 0.717) is 12.0 Å². The van der Waals surface area contributed by atoms with Crippen LogP contribution in [0.5, 0.6) is 5.75 Å². The first-order valence-corrected chi connectivity index (χ1v) is 14.6. The third-order valence-electron chi connectivity index (χ3n) is 4.57. The number of carbonyl (C=O) groups excluding carboxylic acids is 1. The minimum absolute atomic E-state index is 0.0247. The van der Waals surface area contributed by atoms with Crippen LogP contribution in [0.4, 0.5) is 5.82 Å². The molecule has 2 aromatic rings. The summed E-state index contributed by atoms with van der Waals surface area (Å²) in [4.78, 5) is 33.2. The van der Waals surface area contributed by atoms with Crippen LogP contribution in [0.1, 0.15) is 34.4 Å². The summed E-state index contributed by atoms with van der Waals surface area (Å²) in [7, 11) is -4.20. The molecule has 16 heteroatoms. The molecule has 2 N–H and O–H groups in total. The van der Waals surface area contributed by atoms with Crippen molar-refractivity contribution in [1.29, 1.82) is 10.5 Å². The van der Waals surface area contributed by atoms with Crippen molar-refractivity contribution in [2.24, 2.45) is 0 Å². The molecule has 0 bridgehead atoms. The second-order valence-electron chi connectivity index (χ2n) is 7.53. The van der Waals surface area contributed by atoms with Crippen LogP contribution in [-0.2, 0) is 35.5 Å². The minimum atomic E-state index is -4.71. The fraction of sp³-hybridized carbons (Fsp3) is 0.333. The highest BCUT2D eigenvalue weighted by atomic mass is 32.2. The number of benzene rings is 1. The topological polar surface area (TPSA) is 192 Å². The number of thioether (sulfide) groups is 1. The number of carbonyl (C=O) groups is 1. The molecule has 37 heavy (non-hydrogen) atoms. The van der Waals surface area contributed by atoms with E-state index in [1.807, 2.05) is 11.2 Å². The standard InChI is InChI=1S/C21H24N5O8PS2/c1-6-15-16(11-22)19(26(2)3)24-21(17(15)12-23)36-18(20(27)25-35(28,29)34-32-4)13-7-9-14(10-8-13)33-37(5,30)31/h7-10,18H,6H2,1-5H3,(H2,25,27,28,29)/t18-/m1/s1. The van der Waals surface area contributed by atoms with Gasteiger partial charge in [0.2, 0.25) is 5.91 Å². The first-order valence-electron chi connectivity index (χ1n) is 10.3. The molecule has 0 aliphatic heterocycles. The van der Waals surface area contributed by atoms with Gasteiger partial charge in [-0.2, -0.15) is 18.9 Å². The summed E-state index contributed by atoms with van der Waals surface area (Å²) in [5.74, 6) is -0.750. The number of hydrogen-bond donors (Lipinski definition) is 2.